The van der Waals surface area contributed by atoms with Crippen LogP contribution in [0.15, 0.2) is 12.1 Å². The number of likely N-dealkylation sites (N-methyl/N-ethyl adjacent to an activating group) is 1. The molecule has 0 spiro atoms. The number of nitrogens with two attached hydrogens (primary N) is 1. The summed E-state index contributed by atoms with van der Waals surface area (Å²) in [6.07, 6.45) is 0. The molecule has 0 fully saturated rings. The monoisotopic (exact) mass is 287 g/mol. The molecule has 0 aliphatic heterocycles. The lowest BCUT2D eigenvalue weighted by Gasteiger charge is -2.24. The molecule has 19 heavy (non-hydrogen) atoms. The highest BCUT2D eigenvalue weighted by Crippen LogP contribution is 2.29. The Morgan fingerprint density at radius 3 is 2.68 bits per heavy atom. The molecule has 0 atom stereocenters. The second-order valence-corrected chi connectivity index (χ2v) is 4.97. The van der Waals surface area contributed by atoms with E-state index in [-0.39, 0.29) is 23.5 Å². The molecule has 0 radical (unpaired) electrons. The van der Waals surface area contributed by atoms with Crippen LogP contribution >= 0.6 is 11.6 Å². The second-order valence-electron chi connectivity index (χ2n) is 4.56. The van der Waals surface area contributed by atoms with Gasteiger partial charge in [0.1, 0.15) is 5.82 Å². The minimum Gasteiger partial charge on any atom is -0.397 e. The van der Waals surface area contributed by atoms with Gasteiger partial charge in [0, 0.05) is 18.7 Å². The number of halogens is 2. The van der Waals surface area contributed by atoms with Gasteiger partial charge in [-0.05, 0) is 26.8 Å². The summed E-state index contributed by atoms with van der Waals surface area (Å²) in [6, 6.07) is 2.67. The average Bonchev–Trinajstić information content (AvgIpc) is 2.30. The molecule has 1 rings (SSSR count). The fourth-order valence-electron chi connectivity index (χ4n) is 1.73. The first-order valence-corrected chi connectivity index (χ1v) is 6.51. The number of nitrogens with one attached hydrogen (secondary N) is 1. The third-order valence-electron chi connectivity index (χ3n) is 2.58. The number of nitrogen functional groups attached to an aromatic ring is 1. The van der Waals surface area contributed by atoms with E-state index in [4.69, 9.17) is 17.3 Å². The molecule has 4 nitrogen and oxygen atoms in total. The zero-order valence-corrected chi connectivity index (χ0v) is 12.1. The maximum absolute atomic E-state index is 13.5. The molecule has 0 aromatic heterocycles. The normalized spacial score (nSPS) is 10.6. The Morgan fingerprint density at radius 1 is 1.53 bits per heavy atom. The molecule has 3 N–H and O–H groups in total. The highest BCUT2D eigenvalue weighted by molar-refractivity contribution is 6.31. The average molecular weight is 288 g/mol. The molecule has 6 heteroatoms. The highest BCUT2D eigenvalue weighted by Gasteiger charge is 2.15. The number of hydrogen-bond donors (Lipinski definition) is 2. The van der Waals surface area contributed by atoms with Crippen molar-refractivity contribution in [2.45, 2.75) is 26.8 Å². The van der Waals surface area contributed by atoms with Crippen LogP contribution in [0.25, 0.3) is 0 Å². The van der Waals surface area contributed by atoms with Crippen LogP contribution in [-0.2, 0) is 4.79 Å². The molecule has 0 bridgehead atoms. The molecule has 0 aliphatic rings. The van der Waals surface area contributed by atoms with Crippen molar-refractivity contribution in [1.29, 1.82) is 0 Å². The Balaban J connectivity index is 2.91. The quantitative estimate of drug-likeness (QED) is 0.818. The van der Waals surface area contributed by atoms with E-state index in [9.17, 15) is 9.18 Å². The van der Waals surface area contributed by atoms with Gasteiger partial charge in [0.2, 0.25) is 5.91 Å². The number of rotatable bonds is 5. The fourth-order valence-corrected chi connectivity index (χ4v) is 1.91. The van der Waals surface area contributed by atoms with Gasteiger partial charge in [0.25, 0.3) is 0 Å². The Morgan fingerprint density at radius 2 is 2.16 bits per heavy atom. The van der Waals surface area contributed by atoms with Gasteiger partial charge in [-0.3, -0.25) is 4.79 Å². The van der Waals surface area contributed by atoms with E-state index in [0.717, 1.165) is 0 Å². The first kappa shape index (κ1) is 15.6. The zero-order chi connectivity index (χ0) is 14.6. The van der Waals surface area contributed by atoms with Crippen molar-refractivity contribution in [3.05, 3.63) is 23.0 Å². The molecular formula is C13H19ClFN3O. The van der Waals surface area contributed by atoms with E-state index >= 15 is 0 Å². The molecule has 1 aromatic carbocycles. The topological polar surface area (TPSA) is 58.4 Å². The van der Waals surface area contributed by atoms with Crippen molar-refractivity contribution >= 4 is 28.9 Å². The Bertz CT molecular complexity index is 465. The predicted octanol–water partition coefficient (Wildman–Crippen LogP) is 2.41. The molecule has 1 amide bonds. The minimum atomic E-state index is -0.548. The molecule has 1 aromatic rings. The number of carbonyl (C=O) groups is 1. The lowest BCUT2D eigenvalue weighted by atomic mass is 10.2. The van der Waals surface area contributed by atoms with Gasteiger partial charge in [0.15, 0.2) is 0 Å². The second kappa shape index (κ2) is 6.61. The Hall–Kier alpha value is -1.49. The highest BCUT2D eigenvalue weighted by atomic mass is 35.5. The van der Waals surface area contributed by atoms with Crippen LogP contribution in [0.2, 0.25) is 5.02 Å². The number of nitrogens with zero attached hydrogens (tertiary/aromatic N) is 1. The van der Waals surface area contributed by atoms with Crippen molar-refractivity contribution in [3.8, 4) is 0 Å². The summed E-state index contributed by atoms with van der Waals surface area (Å²) in [5, 5.41) is 2.76. The maximum atomic E-state index is 13.5. The number of amides is 1. The summed E-state index contributed by atoms with van der Waals surface area (Å²) in [6.45, 7) is 6.29. The first-order valence-electron chi connectivity index (χ1n) is 6.14. The number of anilines is 2. The van der Waals surface area contributed by atoms with Crippen molar-refractivity contribution in [3.63, 3.8) is 0 Å². The summed E-state index contributed by atoms with van der Waals surface area (Å²) in [5.74, 6) is -0.680. The smallest absolute Gasteiger partial charge is 0.239 e. The summed E-state index contributed by atoms with van der Waals surface area (Å²) in [5.41, 5.74) is 6.65. The van der Waals surface area contributed by atoms with E-state index in [0.29, 0.717) is 17.9 Å². The molecular weight excluding hydrogens is 269 g/mol. The minimum absolute atomic E-state index is 0.0241. The summed E-state index contributed by atoms with van der Waals surface area (Å²) in [4.78, 5) is 13.4. The van der Waals surface area contributed by atoms with Crippen molar-refractivity contribution in [2.24, 2.45) is 0 Å². The molecule has 106 valence electrons. The van der Waals surface area contributed by atoms with E-state index in [1.807, 2.05) is 20.8 Å². The van der Waals surface area contributed by atoms with Gasteiger partial charge < -0.3 is 16.0 Å². The summed E-state index contributed by atoms with van der Waals surface area (Å²) in [7, 11) is 0. The van der Waals surface area contributed by atoms with Crippen LogP contribution in [0.1, 0.15) is 20.8 Å². The van der Waals surface area contributed by atoms with Crippen LogP contribution in [0.4, 0.5) is 15.8 Å². The predicted molar refractivity (Wildman–Crippen MR) is 77.0 cm³/mol. The number of benzene rings is 1. The third-order valence-corrected chi connectivity index (χ3v) is 2.87. The largest absolute Gasteiger partial charge is 0.397 e. The summed E-state index contributed by atoms with van der Waals surface area (Å²) < 4.78 is 13.5. The Kier molecular flexibility index (Phi) is 5.42. The standard InChI is InChI=1S/C13H19ClFN3O/c1-4-18(7-13(19)17-8(2)3)12-6-10(15)9(14)5-11(12)16/h5-6,8H,4,7,16H2,1-3H3,(H,17,19). The number of carbonyl (C=O) groups excluding carboxylic acids is 1. The molecule has 0 heterocycles. The van der Waals surface area contributed by atoms with Crippen LogP contribution in [0.3, 0.4) is 0 Å². The van der Waals surface area contributed by atoms with Crippen LogP contribution in [0, 0.1) is 5.82 Å². The van der Waals surface area contributed by atoms with E-state index in [1.54, 1.807) is 4.90 Å². The molecule has 0 saturated heterocycles. The van der Waals surface area contributed by atoms with E-state index < -0.39 is 5.82 Å². The van der Waals surface area contributed by atoms with Gasteiger partial charge in [-0.2, -0.15) is 0 Å². The lowest BCUT2D eigenvalue weighted by Crippen LogP contribution is -2.40. The fraction of sp³-hybridized carbons (Fsp3) is 0.462. The van der Waals surface area contributed by atoms with Crippen LogP contribution < -0.4 is 16.0 Å². The van der Waals surface area contributed by atoms with Gasteiger partial charge in [-0.1, -0.05) is 11.6 Å². The zero-order valence-electron chi connectivity index (χ0n) is 11.3. The maximum Gasteiger partial charge on any atom is 0.239 e. The van der Waals surface area contributed by atoms with Crippen molar-refractivity contribution in [1.82, 2.24) is 5.32 Å². The van der Waals surface area contributed by atoms with Gasteiger partial charge >= 0.3 is 0 Å². The van der Waals surface area contributed by atoms with Gasteiger partial charge in [-0.15, -0.1) is 0 Å². The molecule has 0 aliphatic carbocycles. The van der Waals surface area contributed by atoms with Crippen molar-refractivity contribution < 1.29 is 9.18 Å². The van der Waals surface area contributed by atoms with E-state index in [2.05, 4.69) is 5.32 Å². The lowest BCUT2D eigenvalue weighted by molar-refractivity contribution is -0.120. The van der Waals surface area contributed by atoms with Crippen LogP contribution in [0.5, 0.6) is 0 Å². The molecule has 0 saturated carbocycles. The third kappa shape index (κ3) is 4.28. The Labute approximate surface area is 117 Å². The van der Waals surface area contributed by atoms with E-state index in [1.165, 1.54) is 12.1 Å². The van der Waals surface area contributed by atoms with Crippen molar-refractivity contribution in [2.75, 3.05) is 23.7 Å². The SMILES string of the molecule is CCN(CC(=O)NC(C)C)c1cc(F)c(Cl)cc1N. The first-order chi connectivity index (χ1) is 8.85. The summed E-state index contributed by atoms with van der Waals surface area (Å²) >= 11 is 5.66. The van der Waals surface area contributed by atoms with Crippen LogP contribution in [-0.4, -0.2) is 25.0 Å². The molecule has 0 unspecified atom stereocenters. The number of hydrogen-bond acceptors (Lipinski definition) is 3. The van der Waals surface area contributed by atoms with Gasteiger partial charge in [0.05, 0.1) is 22.9 Å². The van der Waals surface area contributed by atoms with Gasteiger partial charge in [-0.25, -0.2) is 4.39 Å².